The maximum absolute atomic E-state index is 9.41. The summed E-state index contributed by atoms with van der Waals surface area (Å²) in [6, 6.07) is 15.0. The lowest BCUT2D eigenvalue weighted by molar-refractivity contribution is -0.0613. The average molecular weight is 310 g/mol. The van der Waals surface area contributed by atoms with Gasteiger partial charge in [0.15, 0.2) is 6.29 Å². The minimum absolute atomic E-state index is 0.259. The van der Waals surface area contributed by atoms with Crippen molar-refractivity contribution in [1.29, 1.82) is 0 Å². The van der Waals surface area contributed by atoms with Crippen LogP contribution in [0.2, 0.25) is 0 Å². The van der Waals surface area contributed by atoms with Crippen molar-refractivity contribution in [2.75, 3.05) is 6.61 Å². The van der Waals surface area contributed by atoms with Crippen LogP contribution in [0, 0.1) is 0 Å². The molecule has 0 aliphatic rings. The minimum Gasteiger partial charge on any atom is -0.508 e. The zero-order valence-corrected chi connectivity index (χ0v) is 13.5. The van der Waals surface area contributed by atoms with Gasteiger partial charge in [-0.05, 0) is 49.2 Å². The van der Waals surface area contributed by atoms with Crippen molar-refractivity contribution in [1.82, 2.24) is 0 Å². The Morgan fingerprint density at radius 2 is 1.65 bits per heavy atom. The zero-order chi connectivity index (χ0) is 16.5. The summed E-state index contributed by atoms with van der Waals surface area (Å²) < 4.78 is 11.1. The standard InChI is InChI=1S/C20H22O3/c1-3-22-16(2)23-20-13-7-11-18(15-20)9-5-4-8-17-10-6-12-19(21)14-17/h4-16,21H,3H2,1-2H3. The molecular formula is C20H22O3. The Morgan fingerprint density at radius 3 is 2.30 bits per heavy atom. The molecule has 0 saturated carbocycles. The van der Waals surface area contributed by atoms with E-state index in [1.165, 1.54) is 0 Å². The van der Waals surface area contributed by atoms with Crippen molar-refractivity contribution in [3.8, 4) is 11.5 Å². The van der Waals surface area contributed by atoms with E-state index in [0.29, 0.717) is 6.61 Å². The molecule has 1 N–H and O–H groups in total. The summed E-state index contributed by atoms with van der Waals surface area (Å²) in [4.78, 5) is 0. The van der Waals surface area contributed by atoms with Crippen LogP contribution in [0.3, 0.4) is 0 Å². The van der Waals surface area contributed by atoms with E-state index in [1.807, 2.05) is 74.5 Å². The number of hydrogen-bond donors (Lipinski definition) is 1. The third kappa shape index (κ3) is 6.01. The number of phenolic OH excluding ortho intramolecular Hbond substituents is 1. The van der Waals surface area contributed by atoms with Gasteiger partial charge in [0.05, 0.1) is 0 Å². The van der Waals surface area contributed by atoms with Crippen molar-refractivity contribution < 1.29 is 14.6 Å². The molecule has 1 unspecified atom stereocenters. The summed E-state index contributed by atoms with van der Waals surface area (Å²) in [5.41, 5.74) is 2.00. The largest absolute Gasteiger partial charge is 0.508 e. The lowest BCUT2D eigenvalue weighted by Gasteiger charge is -2.14. The third-order valence-electron chi connectivity index (χ3n) is 3.12. The normalized spacial score (nSPS) is 12.8. The second-order valence-electron chi connectivity index (χ2n) is 5.03. The van der Waals surface area contributed by atoms with Crippen LogP contribution >= 0.6 is 0 Å². The van der Waals surface area contributed by atoms with Crippen LogP contribution < -0.4 is 4.74 Å². The Hall–Kier alpha value is -2.52. The van der Waals surface area contributed by atoms with Crippen LogP contribution in [-0.4, -0.2) is 18.0 Å². The van der Waals surface area contributed by atoms with Crippen LogP contribution in [0.5, 0.6) is 11.5 Å². The summed E-state index contributed by atoms with van der Waals surface area (Å²) in [6.07, 6.45) is 7.57. The van der Waals surface area contributed by atoms with E-state index in [2.05, 4.69) is 0 Å². The molecule has 0 radical (unpaired) electrons. The SMILES string of the molecule is CCOC(C)Oc1cccc(C=CC=Cc2cccc(O)c2)c1. The van der Waals surface area contributed by atoms with Crippen molar-refractivity contribution in [3.05, 3.63) is 71.8 Å². The highest BCUT2D eigenvalue weighted by molar-refractivity contribution is 5.58. The Kier molecular flexibility index (Phi) is 6.45. The maximum atomic E-state index is 9.41. The molecular weight excluding hydrogens is 288 g/mol. The number of aromatic hydroxyl groups is 1. The molecule has 0 aromatic heterocycles. The first-order valence-electron chi connectivity index (χ1n) is 7.69. The second-order valence-corrected chi connectivity index (χ2v) is 5.03. The van der Waals surface area contributed by atoms with Crippen molar-refractivity contribution in [2.24, 2.45) is 0 Å². The average Bonchev–Trinajstić information content (AvgIpc) is 2.52. The van der Waals surface area contributed by atoms with Crippen LogP contribution in [0.1, 0.15) is 25.0 Å². The predicted octanol–water partition coefficient (Wildman–Crippen LogP) is 4.88. The van der Waals surface area contributed by atoms with E-state index in [0.717, 1.165) is 16.9 Å². The Balaban J connectivity index is 1.97. The third-order valence-corrected chi connectivity index (χ3v) is 3.12. The molecule has 3 nitrogen and oxygen atoms in total. The molecule has 2 rings (SSSR count). The Labute approximate surface area is 137 Å². The number of phenols is 1. The highest BCUT2D eigenvalue weighted by Gasteiger charge is 2.02. The summed E-state index contributed by atoms with van der Waals surface area (Å²) in [5.74, 6) is 1.05. The van der Waals surface area contributed by atoms with Gasteiger partial charge in [-0.2, -0.15) is 0 Å². The van der Waals surface area contributed by atoms with Gasteiger partial charge >= 0.3 is 0 Å². The van der Waals surface area contributed by atoms with Crippen LogP contribution in [0.25, 0.3) is 12.2 Å². The van der Waals surface area contributed by atoms with Crippen molar-refractivity contribution >= 4 is 12.2 Å². The van der Waals surface area contributed by atoms with Crippen LogP contribution in [0.15, 0.2) is 60.7 Å². The fourth-order valence-electron chi connectivity index (χ4n) is 2.11. The van der Waals surface area contributed by atoms with Gasteiger partial charge < -0.3 is 14.6 Å². The first-order valence-corrected chi connectivity index (χ1v) is 7.69. The molecule has 0 bridgehead atoms. The van der Waals surface area contributed by atoms with E-state index < -0.39 is 0 Å². The van der Waals surface area contributed by atoms with Gasteiger partial charge in [-0.25, -0.2) is 0 Å². The van der Waals surface area contributed by atoms with E-state index >= 15 is 0 Å². The molecule has 0 saturated heterocycles. The molecule has 2 aromatic carbocycles. The number of hydrogen-bond acceptors (Lipinski definition) is 3. The number of rotatable bonds is 7. The molecule has 0 aliphatic heterocycles. The second kappa shape index (κ2) is 8.81. The lowest BCUT2D eigenvalue weighted by atomic mass is 10.1. The van der Waals surface area contributed by atoms with Gasteiger partial charge in [-0.1, -0.05) is 48.6 Å². The van der Waals surface area contributed by atoms with Gasteiger partial charge in [-0.15, -0.1) is 0 Å². The summed E-state index contributed by atoms with van der Waals surface area (Å²) >= 11 is 0. The molecule has 2 aromatic rings. The first-order chi connectivity index (χ1) is 11.2. The molecule has 0 spiro atoms. The molecule has 1 atom stereocenters. The summed E-state index contributed by atoms with van der Waals surface area (Å²) in [6.45, 7) is 4.45. The highest BCUT2D eigenvalue weighted by atomic mass is 16.7. The van der Waals surface area contributed by atoms with Gasteiger partial charge in [0.2, 0.25) is 0 Å². The van der Waals surface area contributed by atoms with Crippen LogP contribution in [-0.2, 0) is 4.74 Å². The molecule has 0 heterocycles. The molecule has 0 fully saturated rings. The predicted molar refractivity (Wildman–Crippen MR) is 94.3 cm³/mol. The van der Waals surface area contributed by atoms with Gasteiger partial charge in [0.25, 0.3) is 0 Å². The highest BCUT2D eigenvalue weighted by Crippen LogP contribution is 2.17. The van der Waals surface area contributed by atoms with Gasteiger partial charge in [0.1, 0.15) is 11.5 Å². The fraction of sp³-hybridized carbons (Fsp3) is 0.200. The van der Waals surface area contributed by atoms with E-state index in [-0.39, 0.29) is 12.0 Å². The van der Waals surface area contributed by atoms with Gasteiger partial charge in [-0.3, -0.25) is 0 Å². The van der Waals surface area contributed by atoms with Crippen molar-refractivity contribution in [3.63, 3.8) is 0 Å². The quantitative estimate of drug-likeness (QED) is 0.585. The van der Waals surface area contributed by atoms with E-state index in [9.17, 15) is 5.11 Å². The number of benzene rings is 2. The van der Waals surface area contributed by atoms with Crippen molar-refractivity contribution in [2.45, 2.75) is 20.1 Å². The van der Waals surface area contributed by atoms with E-state index in [1.54, 1.807) is 12.1 Å². The van der Waals surface area contributed by atoms with E-state index in [4.69, 9.17) is 9.47 Å². The van der Waals surface area contributed by atoms with Crippen LogP contribution in [0.4, 0.5) is 0 Å². The molecule has 3 heteroatoms. The molecule has 0 amide bonds. The number of ether oxygens (including phenoxy) is 2. The molecule has 23 heavy (non-hydrogen) atoms. The zero-order valence-electron chi connectivity index (χ0n) is 13.5. The Morgan fingerprint density at radius 1 is 1.00 bits per heavy atom. The number of allylic oxidation sites excluding steroid dienone is 2. The summed E-state index contributed by atoms with van der Waals surface area (Å²) in [7, 11) is 0. The monoisotopic (exact) mass is 310 g/mol. The fourth-order valence-corrected chi connectivity index (χ4v) is 2.11. The topological polar surface area (TPSA) is 38.7 Å². The van der Waals surface area contributed by atoms with Gasteiger partial charge in [0, 0.05) is 6.61 Å². The summed E-state index contributed by atoms with van der Waals surface area (Å²) in [5, 5.41) is 9.41. The Bertz CT molecular complexity index is 674. The molecule has 0 aliphatic carbocycles. The lowest BCUT2D eigenvalue weighted by Crippen LogP contribution is -2.15. The maximum Gasteiger partial charge on any atom is 0.196 e. The minimum atomic E-state index is -0.259. The molecule has 120 valence electrons. The first kappa shape index (κ1) is 16.8. The smallest absolute Gasteiger partial charge is 0.196 e.